The van der Waals surface area contributed by atoms with Gasteiger partial charge in [0, 0.05) is 31.7 Å². The quantitative estimate of drug-likeness (QED) is 0.427. The third-order valence-corrected chi connectivity index (χ3v) is 2.79. The summed E-state index contributed by atoms with van der Waals surface area (Å²) >= 11 is 0. The third-order valence-electron chi connectivity index (χ3n) is 2.79. The van der Waals surface area contributed by atoms with Crippen molar-refractivity contribution < 1.29 is 0 Å². The van der Waals surface area contributed by atoms with Gasteiger partial charge in [-0.15, -0.1) is 0 Å². The van der Waals surface area contributed by atoms with Gasteiger partial charge >= 0.3 is 0 Å². The molecule has 0 bridgehead atoms. The van der Waals surface area contributed by atoms with Gasteiger partial charge in [0.1, 0.15) is 0 Å². The van der Waals surface area contributed by atoms with E-state index in [1.54, 1.807) is 0 Å². The summed E-state index contributed by atoms with van der Waals surface area (Å²) in [7, 11) is 0. The molecule has 3 unspecified atom stereocenters. The fourth-order valence-electron chi connectivity index (χ4n) is 2.16. The monoisotopic (exact) mass is 155 g/mol. The van der Waals surface area contributed by atoms with E-state index in [1.807, 2.05) is 0 Å². The Morgan fingerprint density at radius 2 is 1.91 bits per heavy atom. The highest BCUT2D eigenvalue weighted by atomic mass is 15.1. The van der Waals surface area contributed by atoms with Crippen LogP contribution in [0.25, 0.3) is 0 Å². The van der Waals surface area contributed by atoms with Crippen LogP contribution in [0.4, 0.5) is 0 Å². The lowest BCUT2D eigenvalue weighted by Gasteiger charge is -2.41. The van der Waals surface area contributed by atoms with E-state index in [2.05, 4.69) is 22.9 Å². The normalized spacial score (nSPS) is 45.0. The minimum absolute atomic E-state index is 0.660. The topological polar surface area (TPSA) is 36.1 Å². The van der Waals surface area contributed by atoms with Gasteiger partial charge in [0.15, 0.2) is 0 Å². The average molecular weight is 155 g/mol. The molecule has 3 nitrogen and oxygen atoms in total. The molecule has 2 heterocycles. The van der Waals surface area contributed by atoms with Crippen molar-refractivity contribution in [2.24, 2.45) is 5.92 Å². The molecular weight excluding hydrogens is 138 g/mol. The highest BCUT2D eigenvalue weighted by Gasteiger charge is 2.31. The molecule has 2 fully saturated rings. The van der Waals surface area contributed by atoms with E-state index in [4.69, 9.17) is 0 Å². The highest BCUT2D eigenvalue weighted by molar-refractivity contribution is 4.95. The zero-order valence-electron chi connectivity index (χ0n) is 7.06. The van der Waals surface area contributed by atoms with E-state index >= 15 is 0 Å². The first-order chi connectivity index (χ1) is 5.38. The fraction of sp³-hybridized carbons (Fsp3) is 1.00. The average Bonchev–Trinajstić information content (AvgIpc) is 2.06. The lowest BCUT2D eigenvalue weighted by molar-refractivity contribution is 0.206. The fourth-order valence-corrected chi connectivity index (χ4v) is 2.16. The van der Waals surface area contributed by atoms with Crippen LogP contribution in [-0.4, -0.2) is 38.3 Å². The van der Waals surface area contributed by atoms with Gasteiger partial charge < -0.3 is 16.0 Å². The maximum absolute atomic E-state index is 3.57. The summed E-state index contributed by atoms with van der Waals surface area (Å²) in [4.78, 5) is 0. The van der Waals surface area contributed by atoms with Gasteiger partial charge in [-0.05, 0) is 12.5 Å². The van der Waals surface area contributed by atoms with E-state index in [0.29, 0.717) is 12.1 Å². The molecule has 0 aromatic rings. The Kier molecular flexibility index (Phi) is 2.11. The second-order valence-corrected chi connectivity index (χ2v) is 3.68. The first kappa shape index (κ1) is 7.53. The molecule has 0 aliphatic carbocycles. The van der Waals surface area contributed by atoms with Crippen molar-refractivity contribution in [3.05, 3.63) is 0 Å². The number of rotatable bonds is 0. The Balaban J connectivity index is 1.99. The summed E-state index contributed by atoms with van der Waals surface area (Å²) < 4.78 is 0. The molecule has 2 rings (SSSR count). The van der Waals surface area contributed by atoms with Gasteiger partial charge in [-0.25, -0.2) is 0 Å². The predicted octanol–water partition coefficient (Wildman–Crippen LogP) is -0.844. The molecule has 2 aliphatic rings. The minimum atomic E-state index is 0.660. The first-order valence-electron chi connectivity index (χ1n) is 4.55. The third kappa shape index (κ3) is 1.41. The first-order valence-corrected chi connectivity index (χ1v) is 4.55. The molecule has 0 radical (unpaired) electrons. The Bertz CT molecular complexity index is 135. The van der Waals surface area contributed by atoms with Crippen LogP contribution in [0.3, 0.4) is 0 Å². The molecule has 11 heavy (non-hydrogen) atoms. The van der Waals surface area contributed by atoms with E-state index in [1.165, 1.54) is 0 Å². The molecule has 0 aromatic carbocycles. The molecule has 3 heteroatoms. The Morgan fingerprint density at radius 1 is 1.09 bits per heavy atom. The van der Waals surface area contributed by atoms with E-state index in [0.717, 1.165) is 32.1 Å². The van der Waals surface area contributed by atoms with Crippen molar-refractivity contribution >= 4 is 0 Å². The molecule has 3 atom stereocenters. The van der Waals surface area contributed by atoms with Crippen molar-refractivity contribution in [1.29, 1.82) is 0 Å². The van der Waals surface area contributed by atoms with Crippen LogP contribution in [0.5, 0.6) is 0 Å². The summed E-state index contributed by atoms with van der Waals surface area (Å²) in [5, 5.41) is 10.5. The number of fused-ring (bicyclic) bond motifs is 1. The molecule has 0 saturated carbocycles. The highest BCUT2D eigenvalue weighted by Crippen LogP contribution is 2.12. The number of piperazine rings is 1. The van der Waals surface area contributed by atoms with Crippen LogP contribution >= 0.6 is 0 Å². The number of hydrogen-bond donors (Lipinski definition) is 3. The maximum Gasteiger partial charge on any atom is 0.0350 e. The molecular formula is C8H17N3. The van der Waals surface area contributed by atoms with Crippen LogP contribution in [0, 0.1) is 5.92 Å². The van der Waals surface area contributed by atoms with Crippen LogP contribution in [0.15, 0.2) is 0 Å². The van der Waals surface area contributed by atoms with Gasteiger partial charge in [-0.1, -0.05) is 6.92 Å². The molecule has 0 spiro atoms. The Morgan fingerprint density at radius 3 is 2.73 bits per heavy atom. The molecule has 0 amide bonds. The minimum Gasteiger partial charge on any atom is -0.315 e. The molecule has 2 aliphatic heterocycles. The van der Waals surface area contributed by atoms with Crippen LogP contribution in [0.1, 0.15) is 6.92 Å². The van der Waals surface area contributed by atoms with Gasteiger partial charge in [0.05, 0.1) is 0 Å². The van der Waals surface area contributed by atoms with Gasteiger partial charge in [0.25, 0.3) is 0 Å². The number of nitrogens with one attached hydrogen (secondary N) is 3. The second-order valence-electron chi connectivity index (χ2n) is 3.68. The smallest absolute Gasteiger partial charge is 0.0350 e. The number of piperidine rings is 1. The van der Waals surface area contributed by atoms with Crippen LogP contribution in [0.2, 0.25) is 0 Å². The van der Waals surface area contributed by atoms with Gasteiger partial charge in [-0.3, -0.25) is 0 Å². The van der Waals surface area contributed by atoms with Gasteiger partial charge in [-0.2, -0.15) is 0 Å². The summed E-state index contributed by atoms with van der Waals surface area (Å²) in [5.41, 5.74) is 0. The van der Waals surface area contributed by atoms with Crippen LogP contribution < -0.4 is 16.0 Å². The van der Waals surface area contributed by atoms with E-state index in [-0.39, 0.29) is 0 Å². The van der Waals surface area contributed by atoms with Crippen molar-refractivity contribution in [2.45, 2.75) is 19.0 Å². The van der Waals surface area contributed by atoms with Crippen molar-refractivity contribution in [1.82, 2.24) is 16.0 Å². The van der Waals surface area contributed by atoms with Crippen LogP contribution in [-0.2, 0) is 0 Å². The Labute approximate surface area is 67.9 Å². The molecule has 64 valence electrons. The zero-order chi connectivity index (χ0) is 7.68. The molecule has 3 N–H and O–H groups in total. The SMILES string of the molecule is CC1CNCC2NCCNC12. The van der Waals surface area contributed by atoms with Crippen molar-refractivity contribution in [2.75, 3.05) is 26.2 Å². The van der Waals surface area contributed by atoms with Crippen molar-refractivity contribution in [3.8, 4) is 0 Å². The summed E-state index contributed by atoms with van der Waals surface area (Å²) in [6, 6.07) is 1.36. The van der Waals surface area contributed by atoms with E-state index in [9.17, 15) is 0 Å². The molecule has 0 aromatic heterocycles. The van der Waals surface area contributed by atoms with Crippen molar-refractivity contribution in [3.63, 3.8) is 0 Å². The summed E-state index contributed by atoms with van der Waals surface area (Å²) in [6.45, 7) is 6.85. The molecule has 2 saturated heterocycles. The van der Waals surface area contributed by atoms with Gasteiger partial charge in [0.2, 0.25) is 0 Å². The van der Waals surface area contributed by atoms with E-state index < -0.39 is 0 Å². The lowest BCUT2D eigenvalue weighted by Crippen LogP contribution is -2.65. The summed E-state index contributed by atoms with van der Waals surface area (Å²) in [6.07, 6.45) is 0. The number of hydrogen-bond acceptors (Lipinski definition) is 3. The predicted molar refractivity (Wildman–Crippen MR) is 45.6 cm³/mol. The zero-order valence-corrected chi connectivity index (χ0v) is 7.06. The lowest BCUT2D eigenvalue weighted by atomic mass is 9.90. The Hall–Kier alpha value is -0.120. The summed E-state index contributed by atoms with van der Waals surface area (Å²) in [5.74, 6) is 0.765. The second kappa shape index (κ2) is 3.09. The maximum atomic E-state index is 3.57. The largest absolute Gasteiger partial charge is 0.315 e. The standard InChI is InChI=1S/C8H17N3/c1-6-4-9-5-7-8(6)11-3-2-10-7/h6-11H,2-5H2,1H3.